The first-order chi connectivity index (χ1) is 14.3. The number of aliphatic hydroxyl groups is 1. The lowest BCUT2D eigenvalue weighted by molar-refractivity contribution is 0.170. The molecule has 1 heterocycles. The van der Waals surface area contributed by atoms with E-state index in [0.29, 0.717) is 35.8 Å². The van der Waals surface area contributed by atoms with Crippen LogP contribution in [0, 0.1) is 13.8 Å². The van der Waals surface area contributed by atoms with Crippen LogP contribution in [0.15, 0.2) is 65.6 Å². The van der Waals surface area contributed by atoms with E-state index in [4.69, 9.17) is 9.47 Å². The summed E-state index contributed by atoms with van der Waals surface area (Å²) < 4.78 is 39.8. The Hall–Kier alpha value is -3.03. The van der Waals surface area contributed by atoms with Crippen molar-refractivity contribution in [3.8, 4) is 11.5 Å². The molecule has 7 heteroatoms. The molecule has 156 valence electrons. The molecule has 0 fully saturated rings. The molecule has 1 aliphatic heterocycles. The van der Waals surface area contributed by atoms with Gasteiger partial charge in [-0.1, -0.05) is 47.5 Å². The Morgan fingerprint density at radius 2 is 1.40 bits per heavy atom. The number of anilines is 1. The standard InChI is InChI=1S/C23H23NO5S/c1-15-3-7-17(8-4-15)23(25)19-13-21-22(29-12-11-28-21)14-20(19)24-30(26,27)18-9-5-16(2)6-10-18/h3-10,13-14,23-25H,11-12H2,1-2H3. The molecule has 2 N–H and O–H groups in total. The van der Waals surface area contributed by atoms with E-state index in [1.54, 1.807) is 36.4 Å². The largest absolute Gasteiger partial charge is 0.486 e. The van der Waals surface area contributed by atoms with E-state index in [1.807, 2.05) is 38.1 Å². The zero-order chi connectivity index (χ0) is 21.3. The number of hydrogen-bond donors (Lipinski definition) is 2. The smallest absolute Gasteiger partial charge is 0.261 e. The highest BCUT2D eigenvalue weighted by atomic mass is 32.2. The van der Waals surface area contributed by atoms with Crippen LogP contribution < -0.4 is 14.2 Å². The lowest BCUT2D eigenvalue weighted by atomic mass is 9.98. The number of aryl methyl sites for hydroxylation is 2. The SMILES string of the molecule is Cc1ccc(C(O)c2cc3c(cc2NS(=O)(=O)c2ccc(C)cc2)OCCO3)cc1. The zero-order valence-corrected chi connectivity index (χ0v) is 17.6. The first kappa shape index (κ1) is 20.3. The van der Waals surface area contributed by atoms with Crippen molar-refractivity contribution in [2.24, 2.45) is 0 Å². The Bertz CT molecular complexity index is 1160. The lowest BCUT2D eigenvalue weighted by Gasteiger charge is -2.24. The minimum atomic E-state index is -3.86. The normalized spacial score (nSPS) is 14.2. The molecule has 0 spiro atoms. The van der Waals surface area contributed by atoms with Gasteiger partial charge in [-0.15, -0.1) is 0 Å². The molecule has 0 saturated carbocycles. The van der Waals surface area contributed by atoms with Crippen LogP contribution in [0.2, 0.25) is 0 Å². The third-order valence-electron chi connectivity index (χ3n) is 4.98. The van der Waals surface area contributed by atoms with E-state index >= 15 is 0 Å². The van der Waals surface area contributed by atoms with Crippen LogP contribution in [0.4, 0.5) is 5.69 Å². The van der Waals surface area contributed by atoms with Crippen LogP contribution in [-0.2, 0) is 10.0 Å². The van der Waals surface area contributed by atoms with Gasteiger partial charge in [-0.3, -0.25) is 4.72 Å². The van der Waals surface area contributed by atoms with Crippen molar-refractivity contribution in [1.29, 1.82) is 0 Å². The number of ether oxygens (including phenoxy) is 2. The molecular weight excluding hydrogens is 402 g/mol. The van der Waals surface area contributed by atoms with Crippen LogP contribution in [0.5, 0.6) is 11.5 Å². The summed E-state index contributed by atoms with van der Waals surface area (Å²) in [6.45, 7) is 4.61. The summed E-state index contributed by atoms with van der Waals surface area (Å²) in [6.07, 6.45) is -1.04. The van der Waals surface area contributed by atoms with Gasteiger partial charge in [-0.2, -0.15) is 0 Å². The topological polar surface area (TPSA) is 84.9 Å². The molecule has 3 aromatic rings. The minimum Gasteiger partial charge on any atom is -0.486 e. The lowest BCUT2D eigenvalue weighted by Crippen LogP contribution is -2.19. The molecule has 1 aliphatic rings. The van der Waals surface area contributed by atoms with Crippen molar-refractivity contribution >= 4 is 15.7 Å². The summed E-state index contributed by atoms with van der Waals surface area (Å²) in [5.74, 6) is 0.906. The molecule has 30 heavy (non-hydrogen) atoms. The van der Waals surface area contributed by atoms with Crippen molar-refractivity contribution in [3.05, 3.63) is 82.9 Å². The number of sulfonamides is 1. The summed E-state index contributed by atoms with van der Waals surface area (Å²) in [7, 11) is -3.86. The Morgan fingerprint density at radius 3 is 2.00 bits per heavy atom. The summed E-state index contributed by atoms with van der Waals surface area (Å²) >= 11 is 0. The molecular formula is C23H23NO5S. The van der Waals surface area contributed by atoms with Crippen molar-refractivity contribution in [2.75, 3.05) is 17.9 Å². The quantitative estimate of drug-likeness (QED) is 0.646. The molecule has 6 nitrogen and oxygen atoms in total. The predicted octanol–water partition coefficient (Wildman–Crippen LogP) is 3.96. The van der Waals surface area contributed by atoms with Crippen LogP contribution in [0.25, 0.3) is 0 Å². The minimum absolute atomic E-state index is 0.138. The molecule has 3 aromatic carbocycles. The average Bonchev–Trinajstić information content (AvgIpc) is 2.73. The van der Waals surface area contributed by atoms with Crippen LogP contribution in [0.3, 0.4) is 0 Å². The summed E-state index contributed by atoms with van der Waals surface area (Å²) in [6, 6.07) is 17.2. The van der Waals surface area contributed by atoms with Gasteiger partial charge in [0.1, 0.15) is 19.3 Å². The van der Waals surface area contributed by atoms with Crippen LogP contribution in [-0.4, -0.2) is 26.7 Å². The Morgan fingerprint density at radius 1 is 0.867 bits per heavy atom. The van der Waals surface area contributed by atoms with Crippen LogP contribution >= 0.6 is 0 Å². The van der Waals surface area contributed by atoms with Gasteiger partial charge in [0.05, 0.1) is 10.6 Å². The molecule has 0 aliphatic carbocycles. The maximum atomic E-state index is 13.0. The second-order valence-corrected chi connectivity index (χ2v) is 9.00. The first-order valence-corrected chi connectivity index (χ1v) is 11.1. The monoisotopic (exact) mass is 425 g/mol. The highest BCUT2D eigenvalue weighted by molar-refractivity contribution is 7.92. The fourth-order valence-corrected chi connectivity index (χ4v) is 4.35. The van der Waals surface area contributed by atoms with E-state index in [0.717, 1.165) is 11.1 Å². The van der Waals surface area contributed by atoms with Crippen molar-refractivity contribution in [1.82, 2.24) is 0 Å². The van der Waals surface area contributed by atoms with Gasteiger partial charge < -0.3 is 14.6 Å². The molecule has 0 aromatic heterocycles. The second kappa shape index (κ2) is 8.01. The molecule has 0 saturated heterocycles. The van der Waals surface area contributed by atoms with Gasteiger partial charge in [0.2, 0.25) is 0 Å². The fraction of sp³-hybridized carbons (Fsp3) is 0.217. The highest BCUT2D eigenvalue weighted by Gasteiger charge is 2.24. The second-order valence-electron chi connectivity index (χ2n) is 7.31. The summed E-state index contributed by atoms with van der Waals surface area (Å²) in [5, 5.41) is 11.0. The third-order valence-corrected chi connectivity index (χ3v) is 6.36. The third kappa shape index (κ3) is 4.13. The van der Waals surface area contributed by atoms with Gasteiger partial charge >= 0.3 is 0 Å². The van der Waals surface area contributed by atoms with E-state index in [1.165, 1.54) is 0 Å². The average molecular weight is 426 g/mol. The van der Waals surface area contributed by atoms with Gasteiger partial charge in [0, 0.05) is 11.6 Å². The number of rotatable bonds is 5. The molecule has 0 radical (unpaired) electrons. The number of nitrogens with one attached hydrogen (secondary N) is 1. The zero-order valence-electron chi connectivity index (χ0n) is 16.8. The fourth-order valence-electron chi connectivity index (χ4n) is 3.27. The van der Waals surface area contributed by atoms with Crippen LogP contribution in [0.1, 0.15) is 28.4 Å². The molecule has 1 atom stereocenters. The van der Waals surface area contributed by atoms with Gasteiger partial charge in [-0.05, 0) is 37.6 Å². The summed E-state index contributed by atoms with van der Waals surface area (Å²) in [5.41, 5.74) is 3.30. The van der Waals surface area contributed by atoms with Gasteiger partial charge in [0.15, 0.2) is 11.5 Å². The molecule has 0 bridgehead atoms. The van der Waals surface area contributed by atoms with E-state index in [2.05, 4.69) is 4.72 Å². The maximum Gasteiger partial charge on any atom is 0.261 e. The Balaban J connectivity index is 1.77. The Labute approximate surface area is 176 Å². The Kier molecular flexibility index (Phi) is 5.40. The first-order valence-electron chi connectivity index (χ1n) is 9.61. The van der Waals surface area contributed by atoms with Crippen molar-refractivity contribution < 1.29 is 23.0 Å². The number of fused-ring (bicyclic) bond motifs is 1. The summed E-state index contributed by atoms with van der Waals surface area (Å²) in [4.78, 5) is 0.138. The van der Waals surface area contributed by atoms with E-state index < -0.39 is 16.1 Å². The van der Waals surface area contributed by atoms with Gasteiger partial charge in [0.25, 0.3) is 10.0 Å². The van der Waals surface area contributed by atoms with E-state index in [-0.39, 0.29) is 10.6 Å². The highest BCUT2D eigenvalue weighted by Crippen LogP contribution is 2.40. The number of hydrogen-bond acceptors (Lipinski definition) is 5. The number of aliphatic hydroxyl groups excluding tert-OH is 1. The van der Waals surface area contributed by atoms with E-state index in [9.17, 15) is 13.5 Å². The van der Waals surface area contributed by atoms with Crippen molar-refractivity contribution in [3.63, 3.8) is 0 Å². The molecule has 1 unspecified atom stereocenters. The predicted molar refractivity (Wildman–Crippen MR) is 115 cm³/mol. The number of benzene rings is 3. The molecule has 4 rings (SSSR count). The van der Waals surface area contributed by atoms with Gasteiger partial charge in [-0.25, -0.2) is 8.42 Å². The maximum absolute atomic E-state index is 13.0. The molecule has 0 amide bonds. The van der Waals surface area contributed by atoms with Crippen molar-refractivity contribution in [2.45, 2.75) is 24.8 Å².